The van der Waals surface area contributed by atoms with Crippen LogP contribution in [-0.2, 0) is 0 Å². The van der Waals surface area contributed by atoms with Gasteiger partial charge < -0.3 is 4.98 Å². The van der Waals surface area contributed by atoms with Crippen molar-refractivity contribution >= 4 is 11.2 Å². The first-order valence-electron chi connectivity index (χ1n) is 6.15. The first kappa shape index (κ1) is 11.0. The van der Waals surface area contributed by atoms with Crippen molar-refractivity contribution < 1.29 is 0 Å². The van der Waals surface area contributed by atoms with Crippen LogP contribution in [0.2, 0.25) is 0 Å². The highest BCUT2D eigenvalue weighted by atomic mass is 15.0. The molecule has 0 atom stereocenters. The Balaban J connectivity index is 2.03. The molecule has 0 aliphatic heterocycles. The first-order chi connectivity index (χ1) is 8.74. The zero-order valence-electron chi connectivity index (χ0n) is 10.5. The van der Waals surface area contributed by atoms with E-state index in [2.05, 4.69) is 53.1 Å². The Kier molecular flexibility index (Phi) is 2.59. The van der Waals surface area contributed by atoms with Gasteiger partial charge in [0, 0.05) is 11.8 Å². The number of hydrogen-bond donors (Lipinski definition) is 1. The topological polar surface area (TPSA) is 41.6 Å². The second-order valence-corrected chi connectivity index (χ2v) is 4.74. The van der Waals surface area contributed by atoms with Crippen LogP contribution in [0.5, 0.6) is 0 Å². The van der Waals surface area contributed by atoms with Crippen molar-refractivity contribution in [2.75, 3.05) is 0 Å². The standard InChI is InChI=1S/C15H15N3/c1-10(2)11-5-7-12(8-6-11)14-17-13-4-3-9-16-15(13)18-14/h3-10H,1-2H3,(H,16,17,18). The predicted molar refractivity (Wildman–Crippen MR) is 73.4 cm³/mol. The summed E-state index contributed by atoms with van der Waals surface area (Å²) in [6, 6.07) is 12.4. The van der Waals surface area contributed by atoms with Crippen LogP contribution in [0.4, 0.5) is 0 Å². The van der Waals surface area contributed by atoms with Crippen LogP contribution in [-0.4, -0.2) is 15.0 Å². The molecule has 18 heavy (non-hydrogen) atoms. The van der Waals surface area contributed by atoms with Gasteiger partial charge in [0.15, 0.2) is 5.65 Å². The van der Waals surface area contributed by atoms with E-state index in [1.54, 1.807) is 6.20 Å². The van der Waals surface area contributed by atoms with Gasteiger partial charge in [-0.1, -0.05) is 38.1 Å². The van der Waals surface area contributed by atoms with Gasteiger partial charge in [0.1, 0.15) is 5.82 Å². The Bertz CT molecular complexity index is 633. The van der Waals surface area contributed by atoms with E-state index in [4.69, 9.17) is 0 Å². The molecule has 90 valence electrons. The van der Waals surface area contributed by atoms with Crippen LogP contribution in [0.25, 0.3) is 22.6 Å². The van der Waals surface area contributed by atoms with E-state index in [9.17, 15) is 0 Å². The third kappa shape index (κ3) is 1.88. The van der Waals surface area contributed by atoms with Gasteiger partial charge in [-0.3, -0.25) is 0 Å². The third-order valence-electron chi connectivity index (χ3n) is 3.11. The summed E-state index contributed by atoms with van der Waals surface area (Å²) in [6.45, 7) is 4.39. The van der Waals surface area contributed by atoms with Crippen LogP contribution in [0.15, 0.2) is 42.6 Å². The quantitative estimate of drug-likeness (QED) is 0.737. The normalized spacial score (nSPS) is 11.3. The monoisotopic (exact) mass is 237 g/mol. The highest BCUT2D eigenvalue weighted by molar-refractivity contribution is 5.75. The number of nitrogens with zero attached hydrogens (tertiary/aromatic N) is 2. The fourth-order valence-corrected chi connectivity index (χ4v) is 2.01. The number of aromatic nitrogens is 3. The molecule has 3 aromatic rings. The molecule has 0 fully saturated rings. The largest absolute Gasteiger partial charge is 0.337 e. The molecular weight excluding hydrogens is 222 g/mol. The van der Waals surface area contributed by atoms with Crippen molar-refractivity contribution in [1.29, 1.82) is 0 Å². The molecule has 2 heterocycles. The van der Waals surface area contributed by atoms with E-state index in [0.29, 0.717) is 5.92 Å². The molecule has 3 rings (SSSR count). The molecule has 0 saturated carbocycles. The van der Waals surface area contributed by atoms with E-state index in [-0.39, 0.29) is 0 Å². The maximum atomic E-state index is 4.49. The number of H-pyrrole nitrogens is 1. The van der Waals surface area contributed by atoms with E-state index in [1.807, 2.05) is 12.1 Å². The van der Waals surface area contributed by atoms with Gasteiger partial charge in [0.05, 0.1) is 5.52 Å². The molecule has 0 unspecified atom stereocenters. The molecule has 1 aromatic carbocycles. The molecule has 0 radical (unpaired) electrons. The van der Waals surface area contributed by atoms with Gasteiger partial charge in [-0.25, -0.2) is 9.97 Å². The number of rotatable bonds is 2. The second-order valence-electron chi connectivity index (χ2n) is 4.74. The molecule has 0 bridgehead atoms. The van der Waals surface area contributed by atoms with Crippen molar-refractivity contribution in [1.82, 2.24) is 15.0 Å². The van der Waals surface area contributed by atoms with E-state index in [1.165, 1.54) is 5.56 Å². The summed E-state index contributed by atoms with van der Waals surface area (Å²) in [4.78, 5) is 12.0. The maximum Gasteiger partial charge on any atom is 0.178 e. The number of nitrogens with one attached hydrogen (secondary N) is 1. The summed E-state index contributed by atoms with van der Waals surface area (Å²) in [5, 5.41) is 0. The lowest BCUT2D eigenvalue weighted by Gasteiger charge is -2.05. The average Bonchev–Trinajstić information content (AvgIpc) is 2.82. The van der Waals surface area contributed by atoms with E-state index >= 15 is 0 Å². The number of aromatic amines is 1. The zero-order chi connectivity index (χ0) is 12.5. The third-order valence-corrected chi connectivity index (χ3v) is 3.11. The highest BCUT2D eigenvalue weighted by Gasteiger charge is 2.06. The molecule has 0 saturated heterocycles. The Morgan fingerprint density at radius 1 is 1.06 bits per heavy atom. The number of imidazole rings is 1. The summed E-state index contributed by atoms with van der Waals surface area (Å²) in [5.74, 6) is 1.43. The predicted octanol–water partition coefficient (Wildman–Crippen LogP) is 3.75. The van der Waals surface area contributed by atoms with Crippen molar-refractivity contribution in [3.05, 3.63) is 48.2 Å². The van der Waals surface area contributed by atoms with Gasteiger partial charge in [-0.15, -0.1) is 0 Å². The Labute approximate surface area is 106 Å². The van der Waals surface area contributed by atoms with Crippen LogP contribution < -0.4 is 0 Å². The van der Waals surface area contributed by atoms with Crippen LogP contribution in [0, 0.1) is 0 Å². The molecule has 0 aliphatic rings. The van der Waals surface area contributed by atoms with Crippen molar-refractivity contribution in [3.63, 3.8) is 0 Å². The minimum absolute atomic E-state index is 0.552. The molecule has 0 aliphatic carbocycles. The lowest BCUT2D eigenvalue weighted by Crippen LogP contribution is -1.87. The van der Waals surface area contributed by atoms with E-state index in [0.717, 1.165) is 22.6 Å². The van der Waals surface area contributed by atoms with E-state index < -0.39 is 0 Å². The number of pyridine rings is 1. The fourth-order valence-electron chi connectivity index (χ4n) is 2.01. The molecule has 2 aromatic heterocycles. The molecule has 3 heteroatoms. The molecular formula is C15H15N3. The number of hydrogen-bond acceptors (Lipinski definition) is 2. The van der Waals surface area contributed by atoms with Crippen LogP contribution in [0.1, 0.15) is 25.3 Å². The maximum absolute atomic E-state index is 4.49. The van der Waals surface area contributed by atoms with Crippen LogP contribution >= 0.6 is 0 Å². The van der Waals surface area contributed by atoms with Crippen molar-refractivity contribution in [2.45, 2.75) is 19.8 Å². The zero-order valence-corrected chi connectivity index (χ0v) is 10.5. The van der Waals surface area contributed by atoms with Gasteiger partial charge in [0.25, 0.3) is 0 Å². The first-order valence-corrected chi connectivity index (χ1v) is 6.15. The highest BCUT2D eigenvalue weighted by Crippen LogP contribution is 2.22. The van der Waals surface area contributed by atoms with Crippen molar-refractivity contribution in [3.8, 4) is 11.4 Å². The summed E-state index contributed by atoms with van der Waals surface area (Å²) in [7, 11) is 0. The van der Waals surface area contributed by atoms with Gasteiger partial charge >= 0.3 is 0 Å². The second kappa shape index (κ2) is 4.26. The Morgan fingerprint density at radius 2 is 1.83 bits per heavy atom. The number of fused-ring (bicyclic) bond motifs is 1. The smallest absolute Gasteiger partial charge is 0.178 e. The fraction of sp³-hybridized carbons (Fsp3) is 0.200. The van der Waals surface area contributed by atoms with Crippen LogP contribution in [0.3, 0.4) is 0 Å². The van der Waals surface area contributed by atoms with Gasteiger partial charge in [-0.2, -0.15) is 0 Å². The minimum Gasteiger partial charge on any atom is -0.337 e. The number of benzene rings is 1. The minimum atomic E-state index is 0.552. The summed E-state index contributed by atoms with van der Waals surface area (Å²) >= 11 is 0. The molecule has 0 spiro atoms. The summed E-state index contributed by atoms with van der Waals surface area (Å²) in [5.41, 5.74) is 4.17. The molecule has 0 amide bonds. The van der Waals surface area contributed by atoms with Gasteiger partial charge in [0.2, 0.25) is 0 Å². The average molecular weight is 237 g/mol. The Hall–Kier alpha value is -2.16. The SMILES string of the molecule is CC(C)c1ccc(-c2nc3ncccc3[nH]2)cc1. The summed E-state index contributed by atoms with van der Waals surface area (Å²) in [6.07, 6.45) is 1.76. The summed E-state index contributed by atoms with van der Waals surface area (Å²) < 4.78 is 0. The lowest BCUT2D eigenvalue weighted by molar-refractivity contribution is 0.867. The molecule has 3 nitrogen and oxygen atoms in total. The van der Waals surface area contributed by atoms with Gasteiger partial charge in [-0.05, 0) is 23.6 Å². The lowest BCUT2D eigenvalue weighted by atomic mass is 10.0. The van der Waals surface area contributed by atoms with Crippen molar-refractivity contribution in [2.24, 2.45) is 0 Å². The Morgan fingerprint density at radius 3 is 2.50 bits per heavy atom. The molecule has 1 N–H and O–H groups in total.